The first-order chi connectivity index (χ1) is 7.81. The third kappa shape index (κ3) is 2.08. The second kappa shape index (κ2) is 4.57. The second-order valence-corrected chi connectivity index (χ2v) is 3.43. The van der Waals surface area contributed by atoms with E-state index in [2.05, 4.69) is 11.7 Å². The van der Waals surface area contributed by atoms with Crippen LogP contribution in [0.4, 0.5) is 0 Å². The molecular formula is C13H12N2O. The summed E-state index contributed by atoms with van der Waals surface area (Å²) < 4.78 is 1.68. The Kier molecular flexibility index (Phi) is 2.96. The van der Waals surface area contributed by atoms with Crippen molar-refractivity contribution in [2.75, 3.05) is 0 Å². The Hall–Kier alpha value is -2.16. The van der Waals surface area contributed by atoms with Crippen molar-refractivity contribution >= 4 is 5.78 Å². The fourth-order valence-corrected chi connectivity index (χ4v) is 1.47. The Morgan fingerprint density at radius 3 is 2.75 bits per heavy atom. The van der Waals surface area contributed by atoms with E-state index >= 15 is 0 Å². The molecule has 0 saturated heterocycles. The molecule has 0 fully saturated rings. The largest absolute Gasteiger partial charge is 0.288 e. The molecule has 1 heterocycles. The summed E-state index contributed by atoms with van der Waals surface area (Å²) in [5.41, 5.74) is 1.29. The number of hydrogen-bond donors (Lipinski definition) is 0. The van der Waals surface area contributed by atoms with Crippen LogP contribution in [0.5, 0.6) is 0 Å². The molecule has 0 aliphatic carbocycles. The van der Waals surface area contributed by atoms with Gasteiger partial charge in [0, 0.05) is 11.8 Å². The van der Waals surface area contributed by atoms with Crippen LogP contribution in [0.1, 0.15) is 15.9 Å². The Morgan fingerprint density at radius 2 is 2.06 bits per heavy atom. The van der Waals surface area contributed by atoms with Gasteiger partial charge in [0.15, 0.2) is 5.78 Å². The maximum atomic E-state index is 12.0. The minimum absolute atomic E-state index is 0.00378. The lowest BCUT2D eigenvalue weighted by atomic mass is 10.1. The maximum Gasteiger partial charge on any atom is 0.196 e. The van der Waals surface area contributed by atoms with Gasteiger partial charge in [-0.2, -0.15) is 5.10 Å². The fourth-order valence-electron chi connectivity index (χ4n) is 1.47. The van der Waals surface area contributed by atoms with Crippen LogP contribution >= 0.6 is 0 Å². The lowest BCUT2D eigenvalue weighted by Crippen LogP contribution is -1.99. The normalized spacial score (nSPS) is 10.0. The molecule has 0 spiro atoms. The number of nitrogens with zero attached hydrogens (tertiary/aromatic N) is 2. The van der Waals surface area contributed by atoms with Crippen LogP contribution in [0, 0.1) is 0 Å². The molecule has 3 nitrogen and oxygen atoms in total. The van der Waals surface area contributed by atoms with E-state index in [-0.39, 0.29) is 5.78 Å². The summed E-state index contributed by atoms with van der Waals surface area (Å²) in [6, 6.07) is 9.18. The van der Waals surface area contributed by atoms with E-state index in [1.807, 2.05) is 18.2 Å². The Morgan fingerprint density at radius 1 is 1.31 bits per heavy atom. The van der Waals surface area contributed by atoms with Crippen molar-refractivity contribution in [1.82, 2.24) is 9.78 Å². The summed E-state index contributed by atoms with van der Waals surface area (Å²) in [4.78, 5) is 12.0. The first-order valence-electron chi connectivity index (χ1n) is 5.04. The van der Waals surface area contributed by atoms with Crippen LogP contribution in [-0.2, 0) is 6.54 Å². The molecule has 1 aromatic carbocycles. The summed E-state index contributed by atoms with van der Waals surface area (Å²) in [7, 11) is 0. The zero-order chi connectivity index (χ0) is 11.4. The van der Waals surface area contributed by atoms with E-state index in [0.29, 0.717) is 17.7 Å². The van der Waals surface area contributed by atoms with Gasteiger partial charge in [0.2, 0.25) is 0 Å². The third-order valence-electron chi connectivity index (χ3n) is 2.25. The third-order valence-corrected chi connectivity index (χ3v) is 2.25. The molecule has 3 heteroatoms. The van der Waals surface area contributed by atoms with Gasteiger partial charge >= 0.3 is 0 Å². The van der Waals surface area contributed by atoms with Crippen LogP contribution in [0.3, 0.4) is 0 Å². The number of ketones is 1. The van der Waals surface area contributed by atoms with Gasteiger partial charge < -0.3 is 0 Å². The van der Waals surface area contributed by atoms with E-state index in [0.717, 1.165) is 0 Å². The van der Waals surface area contributed by atoms with Crippen molar-refractivity contribution in [2.45, 2.75) is 6.54 Å². The number of hydrogen-bond acceptors (Lipinski definition) is 2. The van der Waals surface area contributed by atoms with Crippen LogP contribution < -0.4 is 0 Å². The van der Waals surface area contributed by atoms with Crippen molar-refractivity contribution in [1.29, 1.82) is 0 Å². The molecule has 0 atom stereocenters. The van der Waals surface area contributed by atoms with Crippen molar-refractivity contribution < 1.29 is 4.79 Å². The topological polar surface area (TPSA) is 34.9 Å². The van der Waals surface area contributed by atoms with E-state index in [1.54, 1.807) is 35.3 Å². The van der Waals surface area contributed by atoms with Gasteiger partial charge in [0.25, 0.3) is 0 Å². The first kappa shape index (κ1) is 10.4. The van der Waals surface area contributed by atoms with E-state index < -0.39 is 0 Å². The molecule has 2 aromatic rings. The summed E-state index contributed by atoms with van der Waals surface area (Å²) in [6.07, 6.45) is 5.06. The number of benzene rings is 1. The summed E-state index contributed by atoms with van der Waals surface area (Å²) in [5.74, 6) is -0.00378. The van der Waals surface area contributed by atoms with Crippen molar-refractivity contribution in [3.05, 3.63) is 66.5 Å². The van der Waals surface area contributed by atoms with Crippen LogP contribution in [0.25, 0.3) is 0 Å². The molecule has 0 aliphatic heterocycles. The number of carbonyl (C=O) groups excluding carboxylic acids is 1. The van der Waals surface area contributed by atoms with Gasteiger partial charge in [-0.05, 0) is 0 Å². The molecule has 80 valence electrons. The molecular weight excluding hydrogens is 200 g/mol. The highest BCUT2D eigenvalue weighted by molar-refractivity contribution is 6.08. The average molecular weight is 212 g/mol. The van der Waals surface area contributed by atoms with Gasteiger partial charge in [0.05, 0.1) is 18.3 Å². The number of carbonyl (C=O) groups is 1. The quantitative estimate of drug-likeness (QED) is 0.575. The van der Waals surface area contributed by atoms with Crippen molar-refractivity contribution in [3.63, 3.8) is 0 Å². The molecule has 0 bridgehead atoms. The minimum atomic E-state index is -0.00378. The Balaban J connectivity index is 2.24. The predicted molar refractivity (Wildman–Crippen MR) is 62.3 cm³/mol. The number of allylic oxidation sites excluding steroid dienone is 1. The van der Waals surface area contributed by atoms with E-state index in [9.17, 15) is 4.79 Å². The standard InChI is InChI=1S/C13H12N2O/c1-2-8-15-10-12(9-14-15)13(16)11-6-4-3-5-7-11/h2-7,9-10H,1,8H2. The lowest BCUT2D eigenvalue weighted by molar-refractivity contribution is 0.103. The highest BCUT2D eigenvalue weighted by Crippen LogP contribution is 2.08. The Labute approximate surface area is 94.0 Å². The molecule has 16 heavy (non-hydrogen) atoms. The van der Waals surface area contributed by atoms with Crippen molar-refractivity contribution in [2.24, 2.45) is 0 Å². The average Bonchev–Trinajstić information content (AvgIpc) is 2.78. The molecule has 0 unspecified atom stereocenters. The van der Waals surface area contributed by atoms with Gasteiger partial charge in [-0.3, -0.25) is 9.48 Å². The van der Waals surface area contributed by atoms with Crippen LogP contribution in [-0.4, -0.2) is 15.6 Å². The Bertz CT molecular complexity index is 500. The molecule has 0 aliphatic rings. The summed E-state index contributed by atoms with van der Waals surface area (Å²) in [5, 5.41) is 4.08. The zero-order valence-electron chi connectivity index (χ0n) is 8.84. The number of rotatable bonds is 4. The van der Waals surface area contributed by atoms with Crippen molar-refractivity contribution in [3.8, 4) is 0 Å². The highest BCUT2D eigenvalue weighted by atomic mass is 16.1. The second-order valence-electron chi connectivity index (χ2n) is 3.43. The summed E-state index contributed by atoms with van der Waals surface area (Å²) in [6.45, 7) is 4.24. The van der Waals surface area contributed by atoms with E-state index in [4.69, 9.17) is 0 Å². The van der Waals surface area contributed by atoms with Gasteiger partial charge in [-0.1, -0.05) is 36.4 Å². The minimum Gasteiger partial charge on any atom is -0.288 e. The fraction of sp³-hybridized carbons (Fsp3) is 0.0769. The maximum absolute atomic E-state index is 12.0. The molecule has 0 amide bonds. The molecule has 1 aromatic heterocycles. The SMILES string of the molecule is C=CCn1cc(C(=O)c2ccccc2)cn1. The van der Waals surface area contributed by atoms with Gasteiger partial charge in [-0.25, -0.2) is 0 Å². The predicted octanol–water partition coefficient (Wildman–Crippen LogP) is 2.30. The zero-order valence-corrected chi connectivity index (χ0v) is 8.84. The van der Waals surface area contributed by atoms with Crippen LogP contribution in [0.2, 0.25) is 0 Å². The highest BCUT2D eigenvalue weighted by Gasteiger charge is 2.10. The molecule has 2 rings (SSSR count). The molecule has 0 radical (unpaired) electrons. The van der Waals surface area contributed by atoms with E-state index in [1.165, 1.54) is 0 Å². The monoisotopic (exact) mass is 212 g/mol. The summed E-state index contributed by atoms with van der Waals surface area (Å²) >= 11 is 0. The molecule has 0 saturated carbocycles. The van der Waals surface area contributed by atoms with Gasteiger partial charge in [0.1, 0.15) is 0 Å². The first-order valence-corrected chi connectivity index (χ1v) is 5.04. The van der Waals surface area contributed by atoms with Gasteiger partial charge in [-0.15, -0.1) is 6.58 Å². The van der Waals surface area contributed by atoms with Crippen LogP contribution in [0.15, 0.2) is 55.4 Å². The smallest absolute Gasteiger partial charge is 0.196 e. The lowest BCUT2D eigenvalue weighted by Gasteiger charge is -1.96. The number of aromatic nitrogens is 2. The molecule has 0 N–H and O–H groups in total.